The quantitative estimate of drug-likeness (QED) is 0.904. The molecule has 94 valence electrons. The Morgan fingerprint density at radius 2 is 1.89 bits per heavy atom. The van der Waals surface area contributed by atoms with E-state index >= 15 is 0 Å². The van der Waals surface area contributed by atoms with Gasteiger partial charge in [-0.25, -0.2) is 0 Å². The highest BCUT2D eigenvalue weighted by Crippen LogP contribution is 2.33. The predicted molar refractivity (Wildman–Crippen MR) is 78.4 cm³/mol. The fourth-order valence-corrected chi connectivity index (χ4v) is 2.20. The molecule has 0 radical (unpaired) electrons. The summed E-state index contributed by atoms with van der Waals surface area (Å²) in [5, 5.41) is 0.594. The molecule has 0 aromatic heterocycles. The zero-order valence-electron chi connectivity index (χ0n) is 9.70. The van der Waals surface area contributed by atoms with Crippen LogP contribution >= 0.6 is 27.5 Å². The van der Waals surface area contributed by atoms with Gasteiger partial charge in [0.05, 0.1) is 9.50 Å². The van der Waals surface area contributed by atoms with Gasteiger partial charge in [0.2, 0.25) is 0 Å². The fourth-order valence-electron chi connectivity index (χ4n) is 1.60. The van der Waals surface area contributed by atoms with E-state index in [0.717, 1.165) is 22.2 Å². The molecule has 0 saturated carbocycles. The topological polar surface area (TPSA) is 35.2 Å². The Morgan fingerprint density at radius 3 is 2.56 bits per heavy atom. The van der Waals surface area contributed by atoms with Gasteiger partial charge in [-0.1, -0.05) is 29.8 Å². The lowest BCUT2D eigenvalue weighted by molar-refractivity contribution is 0.479. The molecule has 2 nitrogen and oxygen atoms in total. The largest absolute Gasteiger partial charge is 0.455 e. The average molecular weight is 327 g/mol. The van der Waals surface area contributed by atoms with Gasteiger partial charge in [-0.05, 0) is 58.7 Å². The number of para-hydroxylation sites is 1. The smallest absolute Gasteiger partial charge is 0.146 e. The maximum absolute atomic E-state index is 6.19. The van der Waals surface area contributed by atoms with Crippen molar-refractivity contribution in [1.29, 1.82) is 0 Å². The van der Waals surface area contributed by atoms with Crippen molar-refractivity contribution >= 4 is 27.5 Å². The van der Waals surface area contributed by atoms with Gasteiger partial charge in [-0.2, -0.15) is 0 Å². The zero-order chi connectivity index (χ0) is 13.0. The second-order valence-electron chi connectivity index (χ2n) is 3.84. The first-order chi connectivity index (χ1) is 8.70. The molecule has 0 aliphatic rings. The molecule has 0 spiro atoms. The van der Waals surface area contributed by atoms with Gasteiger partial charge in [0.25, 0.3) is 0 Å². The minimum atomic E-state index is 0.594. The van der Waals surface area contributed by atoms with Gasteiger partial charge in [-0.15, -0.1) is 0 Å². The molecule has 2 rings (SSSR count). The highest BCUT2D eigenvalue weighted by molar-refractivity contribution is 9.10. The number of ether oxygens (including phenoxy) is 1. The molecule has 0 unspecified atom stereocenters. The van der Waals surface area contributed by atoms with Crippen LogP contribution in [-0.4, -0.2) is 6.54 Å². The summed E-state index contributed by atoms with van der Waals surface area (Å²) in [6.07, 6.45) is 0.815. The van der Waals surface area contributed by atoms with Gasteiger partial charge in [0.1, 0.15) is 11.5 Å². The van der Waals surface area contributed by atoms with Crippen LogP contribution in [0.15, 0.2) is 46.9 Å². The van der Waals surface area contributed by atoms with Crippen LogP contribution in [0.5, 0.6) is 11.5 Å². The first-order valence-electron chi connectivity index (χ1n) is 5.61. The number of rotatable bonds is 4. The first kappa shape index (κ1) is 13.4. The van der Waals surface area contributed by atoms with Crippen molar-refractivity contribution in [2.24, 2.45) is 5.73 Å². The number of nitrogens with two attached hydrogens (primary N) is 1. The summed E-state index contributed by atoms with van der Waals surface area (Å²) in [7, 11) is 0. The number of benzene rings is 2. The Balaban J connectivity index is 2.22. The Morgan fingerprint density at radius 1 is 1.11 bits per heavy atom. The molecule has 2 N–H and O–H groups in total. The molecule has 0 aliphatic heterocycles. The normalized spacial score (nSPS) is 10.4. The van der Waals surface area contributed by atoms with Crippen LogP contribution in [0.2, 0.25) is 5.02 Å². The molecule has 0 amide bonds. The standard InChI is InChI=1S/C14H13BrClNO/c15-11-3-1-2-4-13(11)18-14-6-5-10(7-8-17)9-12(14)16/h1-6,9H,7-8,17H2. The summed E-state index contributed by atoms with van der Waals surface area (Å²) in [5.41, 5.74) is 6.62. The summed E-state index contributed by atoms with van der Waals surface area (Å²) in [4.78, 5) is 0. The summed E-state index contributed by atoms with van der Waals surface area (Å²) in [5.74, 6) is 1.38. The lowest BCUT2D eigenvalue weighted by Crippen LogP contribution is -2.02. The lowest BCUT2D eigenvalue weighted by Gasteiger charge is -2.10. The number of halogens is 2. The van der Waals surface area contributed by atoms with E-state index in [4.69, 9.17) is 22.1 Å². The van der Waals surface area contributed by atoms with Crippen LogP contribution in [0.1, 0.15) is 5.56 Å². The minimum absolute atomic E-state index is 0.594. The highest BCUT2D eigenvalue weighted by Gasteiger charge is 2.06. The summed E-state index contributed by atoms with van der Waals surface area (Å²) in [6.45, 7) is 0.612. The van der Waals surface area contributed by atoms with Crippen LogP contribution < -0.4 is 10.5 Å². The molecular weight excluding hydrogens is 314 g/mol. The van der Waals surface area contributed by atoms with Crippen molar-refractivity contribution in [3.05, 3.63) is 57.5 Å². The molecule has 18 heavy (non-hydrogen) atoms. The van der Waals surface area contributed by atoms with E-state index in [2.05, 4.69) is 15.9 Å². The van der Waals surface area contributed by atoms with E-state index in [9.17, 15) is 0 Å². The van der Waals surface area contributed by atoms with Crippen LogP contribution in [0.25, 0.3) is 0 Å². The molecule has 0 saturated heterocycles. The third-order valence-electron chi connectivity index (χ3n) is 2.49. The minimum Gasteiger partial charge on any atom is -0.455 e. The van der Waals surface area contributed by atoms with Gasteiger partial charge >= 0.3 is 0 Å². The molecule has 2 aromatic carbocycles. The van der Waals surface area contributed by atoms with E-state index in [1.807, 2.05) is 42.5 Å². The molecule has 0 bridgehead atoms. The predicted octanol–water partition coefficient (Wildman–Crippen LogP) is 4.40. The van der Waals surface area contributed by atoms with Crippen molar-refractivity contribution in [2.45, 2.75) is 6.42 Å². The molecule has 0 atom stereocenters. The van der Waals surface area contributed by atoms with Crippen LogP contribution in [-0.2, 0) is 6.42 Å². The molecule has 0 heterocycles. The van der Waals surface area contributed by atoms with E-state index in [1.165, 1.54) is 0 Å². The van der Waals surface area contributed by atoms with Crippen LogP contribution in [0, 0.1) is 0 Å². The third kappa shape index (κ3) is 3.25. The van der Waals surface area contributed by atoms with Crippen molar-refractivity contribution in [1.82, 2.24) is 0 Å². The fraction of sp³-hybridized carbons (Fsp3) is 0.143. The van der Waals surface area contributed by atoms with Crippen molar-refractivity contribution in [2.75, 3.05) is 6.54 Å². The Hall–Kier alpha value is -1.03. The monoisotopic (exact) mass is 325 g/mol. The second-order valence-corrected chi connectivity index (χ2v) is 5.10. The van der Waals surface area contributed by atoms with Crippen LogP contribution in [0.4, 0.5) is 0 Å². The van der Waals surface area contributed by atoms with E-state index in [-0.39, 0.29) is 0 Å². The van der Waals surface area contributed by atoms with E-state index < -0.39 is 0 Å². The van der Waals surface area contributed by atoms with Crippen molar-refractivity contribution in [3.8, 4) is 11.5 Å². The third-order valence-corrected chi connectivity index (χ3v) is 3.44. The van der Waals surface area contributed by atoms with Gasteiger partial charge < -0.3 is 10.5 Å². The molecular formula is C14H13BrClNO. The van der Waals surface area contributed by atoms with Crippen molar-refractivity contribution in [3.63, 3.8) is 0 Å². The molecule has 0 fully saturated rings. The average Bonchev–Trinajstić information content (AvgIpc) is 2.35. The highest BCUT2D eigenvalue weighted by atomic mass is 79.9. The van der Waals surface area contributed by atoms with Gasteiger partial charge in [0.15, 0.2) is 0 Å². The SMILES string of the molecule is NCCc1ccc(Oc2ccccc2Br)c(Cl)c1. The van der Waals surface area contributed by atoms with E-state index in [1.54, 1.807) is 0 Å². The zero-order valence-corrected chi connectivity index (χ0v) is 12.0. The summed E-state index contributed by atoms with van der Waals surface area (Å²) < 4.78 is 6.66. The molecule has 4 heteroatoms. The Bertz CT molecular complexity index is 545. The molecule has 2 aromatic rings. The molecule has 0 aliphatic carbocycles. The van der Waals surface area contributed by atoms with Crippen LogP contribution in [0.3, 0.4) is 0 Å². The summed E-state index contributed by atoms with van der Waals surface area (Å²) >= 11 is 9.62. The number of hydrogen-bond acceptors (Lipinski definition) is 2. The Labute approximate surface area is 120 Å². The second kappa shape index (κ2) is 6.23. The summed E-state index contributed by atoms with van der Waals surface area (Å²) in [6, 6.07) is 13.4. The maximum atomic E-state index is 6.19. The maximum Gasteiger partial charge on any atom is 0.146 e. The lowest BCUT2D eigenvalue weighted by atomic mass is 10.1. The number of hydrogen-bond donors (Lipinski definition) is 1. The van der Waals surface area contributed by atoms with E-state index in [0.29, 0.717) is 17.3 Å². The van der Waals surface area contributed by atoms with Gasteiger partial charge in [-0.3, -0.25) is 0 Å². The van der Waals surface area contributed by atoms with Gasteiger partial charge in [0, 0.05) is 0 Å². The Kier molecular flexibility index (Phi) is 4.64. The van der Waals surface area contributed by atoms with Crippen molar-refractivity contribution < 1.29 is 4.74 Å². The first-order valence-corrected chi connectivity index (χ1v) is 6.78.